The first-order valence-electron chi connectivity index (χ1n) is 7.22. The summed E-state index contributed by atoms with van der Waals surface area (Å²) in [4.78, 5) is 4.83. The van der Waals surface area contributed by atoms with E-state index >= 15 is 0 Å². The molecule has 0 unspecified atom stereocenters. The summed E-state index contributed by atoms with van der Waals surface area (Å²) in [5.41, 5.74) is 11.0. The molecule has 0 radical (unpaired) electrons. The van der Waals surface area contributed by atoms with Gasteiger partial charge in [0.1, 0.15) is 5.82 Å². The molecule has 2 N–H and O–H groups in total. The first kappa shape index (κ1) is 13.7. The van der Waals surface area contributed by atoms with Crippen LogP contribution in [0.5, 0.6) is 0 Å². The highest BCUT2D eigenvalue weighted by molar-refractivity contribution is 5.81. The molecule has 0 amide bonds. The lowest BCUT2D eigenvalue weighted by Gasteiger charge is -2.20. The molecule has 0 bridgehead atoms. The van der Waals surface area contributed by atoms with Crippen molar-refractivity contribution in [3.05, 3.63) is 53.9 Å². The van der Waals surface area contributed by atoms with Crippen molar-refractivity contribution in [2.24, 2.45) is 0 Å². The van der Waals surface area contributed by atoms with Crippen molar-refractivity contribution in [2.75, 3.05) is 5.73 Å². The number of fused-ring (bicyclic) bond motifs is 1. The summed E-state index contributed by atoms with van der Waals surface area (Å²) in [7, 11) is 0. The predicted molar refractivity (Wildman–Crippen MR) is 88.9 cm³/mol. The number of hydrogen-bond acceptors (Lipinski definition) is 2. The van der Waals surface area contributed by atoms with Gasteiger partial charge < -0.3 is 5.73 Å². The standard InChI is InChI=1S/C18H21N3/c1-12-5-8-14(9-6-12)21-16-10-7-13(19)11-15(16)20-17(21)18(2,3)4/h5-11H,19H2,1-4H3. The molecule has 21 heavy (non-hydrogen) atoms. The smallest absolute Gasteiger partial charge is 0.119 e. The summed E-state index contributed by atoms with van der Waals surface area (Å²) in [5, 5.41) is 0. The maximum atomic E-state index is 5.90. The summed E-state index contributed by atoms with van der Waals surface area (Å²) in [6.07, 6.45) is 0. The molecule has 0 aliphatic heterocycles. The van der Waals surface area contributed by atoms with E-state index in [1.165, 1.54) is 5.56 Å². The SMILES string of the molecule is Cc1ccc(-n2c(C(C)(C)C)nc3cc(N)ccc32)cc1. The molecular weight excluding hydrogens is 258 g/mol. The van der Waals surface area contributed by atoms with Gasteiger partial charge in [-0.15, -0.1) is 0 Å². The van der Waals surface area contributed by atoms with Crippen molar-refractivity contribution in [1.29, 1.82) is 0 Å². The van der Waals surface area contributed by atoms with Gasteiger partial charge >= 0.3 is 0 Å². The minimum atomic E-state index is -0.0430. The minimum absolute atomic E-state index is 0.0430. The van der Waals surface area contributed by atoms with Crippen LogP contribution in [0.15, 0.2) is 42.5 Å². The zero-order valence-corrected chi connectivity index (χ0v) is 13.0. The molecule has 1 heterocycles. The molecule has 108 valence electrons. The van der Waals surface area contributed by atoms with Gasteiger partial charge in [-0.2, -0.15) is 0 Å². The third-order valence-electron chi connectivity index (χ3n) is 3.64. The van der Waals surface area contributed by atoms with E-state index < -0.39 is 0 Å². The lowest BCUT2D eigenvalue weighted by atomic mass is 9.95. The van der Waals surface area contributed by atoms with Crippen molar-refractivity contribution in [1.82, 2.24) is 9.55 Å². The van der Waals surface area contributed by atoms with Gasteiger partial charge in [0, 0.05) is 16.8 Å². The summed E-state index contributed by atoms with van der Waals surface area (Å²) in [5.74, 6) is 1.05. The topological polar surface area (TPSA) is 43.8 Å². The zero-order valence-electron chi connectivity index (χ0n) is 13.0. The first-order valence-corrected chi connectivity index (χ1v) is 7.22. The molecule has 0 aliphatic rings. The molecule has 3 nitrogen and oxygen atoms in total. The third kappa shape index (κ3) is 2.40. The average Bonchev–Trinajstić information content (AvgIpc) is 2.78. The fraction of sp³-hybridized carbons (Fsp3) is 0.278. The molecule has 0 aliphatic carbocycles. The van der Waals surface area contributed by atoms with E-state index in [1.54, 1.807) is 0 Å². The number of benzene rings is 2. The highest BCUT2D eigenvalue weighted by Gasteiger charge is 2.23. The lowest BCUT2D eigenvalue weighted by molar-refractivity contribution is 0.539. The van der Waals surface area contributed by atoms with Crippen molar-refractivity contribution in [3.8, 4) is 5.69 Å². The number of nitrogen functional groups attached to an aromatic ring is 1. The van der Waals surface area contributed by atoms with Gasteiger partial charge in [-0.25, -0.2) is 4.98 Å². The van der Waals surface area contributed by atoms with Gasteiger partial charge in [0.2, 0.25) is 0 Å². The molecule has 3 rings (SSSR count). The number of nitrogens with zero attached hydrogens (tertiary/aromatic N) is 2. The van der Waals surface area contributed by atoms with Crippen LogP contribution in [0, 0.1) is 6.92 Å². The molecule has 2 aromatic carbocycles. The maximum absolute atomic E-state index is 5.90. The largest absolute Gasteiger partial charge is 0.399 e. The number of hydrogen-bond donors (Lipinski definition) is 1. The second kappa shape index (κ2) is 4.62. The number of aryl methyl sites for hydroxylation is 1. The molecule has 0 fully saturated rings. The van der Waals surface area contributed by atoms with Crippen LogP contribution in [0.2, 0.25) is 0 Å². The third-order valence-corrected chi connectivity index (χ3v) is 3.64. The Labute approximate surface area is 125 Å². The van der Waals surface area contributed by atoms with E-state index in [-0.39, 0.29) is 5.41 Å². The number of aromatic nitrogens is 2. The summed E-state index contributed by atoms with van der Waals surface area (Å²) in [6.45, 7) is 8.65. The van der Waals surface area contributed by atoms with Crippen LogP contribution >= 0.6 is 0 Å². The normalized spacial score (nSPS) is 12.0. The van der Waals surface area contributed by atoms with Crippen LogP contribution in [0.4, 0.5) is 5.69 Å². The Morgan fingerprint density at radius 3 is 2.29 bits per heavy atom. The second-order valence-electron chi connectivity index (χ2n) is 6.60. The van der Waals surface area contributed by atoms with Gasteiger partial charge in [-0.1, -0.05) is 38.5 Å². The molecule has 0 spiro atoms. The molecule has 0 saturated carbocycles. The number of rotatable bonds is 1. The van der Waals surface area contributed by atoms with Crippen molar-refractivity contribution in [3.63, 3.8) is 0 Å². The molecule has 1 aromatic heterocycles. The van der Waals surface area contributed by atoms with E-state index in [1.807, 2.05) is 18.2 Å². The van der Waals surface area contributed by atoms with E-state index in [9.17, 15) is 0 Å². The van der Waals surface area contributed by atoms with Crippen LogP contribution in [-0.4, -0.2) is 9.55 Å². The lowest BCUT2D eigenvalue weighted by Crippen LogP contribution is -2.18. The average molecular weight is 279 g/mol. The van der Waals surface area contributed by atoms with Crippen molar-refractivity contribution in [2.45, 2.75) is 33.1 Å². The van der Waals surface area contributed by atoms with Gasteiger partial charge in [0.25, 0.3) is 0 Å². The molecule has 0 atom stereocenters. The Balaban J connectivity index is 2.35. The summed E-state index contributed by atoms with van der Waals surface area (Å²) >= 11 is 0. The Morgan fingerprint density at radius 2 is 1.67 bits per heavy atom. The Kier molecular flexibility index (Phi) is 3.01. The maximum Gasteiger partial charge on any atom is 0.119 e. The Bertz CT molecular complexity index is 790. The summed E-state index contributed by atoms with van der Waals surface area (Å²) in [6, 6.07) is 14.5. The van der Waals surface area contributed by atoms with Gasteiger partial charge in [-0.05, 0) is 37.3 Å². The Morgan fingerprint density at radius 1 is 1.00 bits per heavy atom. The highest BCUT2D eigenvalue weighted by atomic mass is 15.1. The van der Waals surface area contributed by atoms with E-state index in [2.05, 4.69) is 56.5 Å². The van der Waals surface area contributed by atoms with Crippen LogP contribution in [0.25, 0.3) is 16.7 Å². The molecule has 3 aromatic rings. The first-order chi connectivity index (χ1) is 9.86. The monoisotopic (exact) mass is 279 g/mol. The van der Waals surface area contributed by atoms with Crippen molar-refractivity contribution < 1.29 is 0 Å². The quantitative estimate of drug-likeness (QED) is 0.678. The van der Waals surface area contributed by atoms with Crippen LogP contribution in [0.3, 0.4) is 0 Å². The second-order valence-corrected chi connectivity index (χ2v) is 6.60. The van der Waals surface area contributed by atoms with Gasteiger partial charge in [0.15, 0.2) is 0 Å². The minimum Gasteiger partial charge on any atom is -0.399 e. The van der Waals surface area contributed by atoms with Gasteiger partial charge in [0.05, 0.1) is 11.0 Å². The number of imidazole rings is 1. The van der Waals surface area contributed by atoms with Gasteiger partial charge in [-0.3, -0.25) is 4.57 Å². The highest BCUT2D eigenvalue weighted by Crippen LogP contribution is 2.30. The summed E-state index contributed by atoms with van der Waals surface area (Å²) < 4.78 is 2.23. The Hall–Kier alpha value is -2.29. The van der Waals surface area contributed by atoms with E-state index in [0.717, 1.165) is 28.2 Å². The molecule has 3 heteroatoms. The van der Waals surface area contributed by atoms with Crippen LogP contribution in [-0.2, 0) is 5.41 Å². The zero-order chi connectivity index (χ0) is 15.2. The molecular formula is C18H21N3. The van der Waals surface area contributed by atoms with E-state index in [4.69, 9.17) is 10.7 Å². The predicted octanol–water partition coefficient (Wildman–Crippen LogP) is 4.21. The number of anilines is 1. The van der Waals surface area contributed by atoms with Crippen molar-refractivity contribution >= 4 is 16.7 Å². The van der Waals surface area contributed by atoms with Crippen LogP contribution in [0.1, 0.15) is 32.2 Å². The number of nitrogens with two attached hydrogens (primary N) is 1. The van der Waals surface area contributed by atoms with E-state index in [0.29, 0.717) is 0 Å². The fourth-order valence-electron chi connectivity index (χ4n) is 2.56. The van der Waals surface area contributed by atoms with Crippen LogP contribution < -0.4 is 5.73 Å². The fourth-order valence-corrected chi connectivity index (χ4v) is 2.56. The molecule has 0 saturated heterocycles.